The summed E-state index contributed by atoms with van der Waals surface area (Å²) in [6, 6.07) is 6.29. The number of aromatic amines is 1. The second-order valence-electron chi connectivity index (χ2n) is 10.2. The Morgan fingerprint density at radius 1 is 1.18 bits per heavy atom. The summed E-state index contributed by atoms with van der Waals surface area (Å²) in [7, 11) is 0. The van der Waals surface area contributed by atoms with Crippen molar-refractivity contribution in [3.8, 4) is 0 Å². The average molecular weight is 449 g/mol. The first kappa shape index (κ1) is 24.8. The van der Waals surface area contributed by atoms with E-state index in [-0.39, 0.29) is 11.3 Å². The molecule has 3 rings (SSSR count). The molecule has 3 N–H and O–H groups in total. The summed E-state index contributed by atoms with van der Waals surface area (Å²) >= 11 is 0. The molecule has 1 aromatic heterocycles. The topological polar surface area (TPSA) is 60.2 Å². The van der Waals surface area contributed by atoms with E-state index >= 15 is 0 Å². The van der Waals surface area contributed by atoms with Crippen LogP contribution in [0.2, 0.25) is 0 Å². The molecule has 1 aliphatic heterocycles. The van der Waals surface area contributed by atoms with Crippen molar-refractivity contribution in [3.05, 3.63) is 58.4 Å². The van der Waals surface area contributed by atoms with Crippen LogP contribution in [0.15, 0.2) is 24.8 Å². The number of likely N-dealkylation sites (N-methyl/N-ethyl adjacent to an activating group) is 1. The number of hydrogen-bond donors (Lipinski definition) is 3. The van der Waals surface area contributed by atoms with Crippen LogP contribution in [0.25, 0.3) is 17.3 Å². The molecule has 5 heteroatoms. The number of carbonyl (C=O) groups is 1. The number of benzene rings is 1. The maximum atomic E-state index is 12.8. The molecule has 1 aromatic carbocycles. The van der Waals surface area contributed by atoms with Gasteiger partial charge in [-0.3, -0.25) is 4.79 Å². The van der Waals surface area contributed by atoms with E-state index < -0.39 is 0 Å². The summed E-state index contributed by atoms with van der Waals surface area (Å²) in [6.07, 6.45) is 2.95. The summed E-state index contributed by atoms with van der Waals surface area (Å²) < 4.78 is 0. The predicted octanol–water partition coefficient (Wildman–Crippen LogP) is 5.61. The predicted molar refractivity (Wildman–Crippen MR) is 141 cm³/mol. The maximum Gasteiger partial charge on any atom is 0.256 e. The molecule has 0 spiro atoms. The van der Waals surface area contributed by atoms with Crippen molar-refractivity contribution in [1.29, 1.82) is 0 Å². The molecule has 0 bridgehead atoms. The molecule has 0 atom stereocenters. The zero-order valence-electron chi connectivity index (χ0n) is 21.4. The van der Waals surface area contributed by atoms with E-state index in [1.54, 1.807) is 0 Å². The highest BCUT2D eigenvalue weighted by Crippen LogP contribution is 2.36. The fourth-order valence-electron chi connectivity index (χ4n) is 4.61. The molecular formula is C28H40N4O. The molecule has 0 radical (unpaired) electrons. The molecule has 1 aliphatic rings. The van der Waals surface area contributed by atoms with Gasteiger partial charge >= 0.3 is 0 Å². The first-order valence-electron chi connectivity index (χ1n) is 12.0. The molecular weight excluding hydrogens is 408 g/mol. The van der Waals surface area contributed by atoms with Gasteiger partial charge < -0.3 is 20.5 Å². The van der Waals surface area contributed by atoms with Gasteiger partial charge in [0.25, 0.3) is 5.91 Å². The number of carbonyl (C=O) groups excluding carboxylic acids is 1. The summed E-state index contributed by atoms with van der Waals surface area (Å²) in [5, 5.41) is 6.50. The van der Waals surface area contributed by atoms with Gasteiger partial charge in [0.05, 0.1) is 5.57 Å². The number of aryl methyl sites for hydroxylation is 1. The Hall–Kier alpha value is -2.79. The number of rotatable bonds is 9. The number of nitrogens with zero attached hydrogens (tertiary/aromatic N) is 1. The normalized spacial score (nSPS) is 14.7. The van der Waals surface area contributed by atoms with Gasteiger partial charge in [-0.15, -0.1) is 0 Å². The molecule has 1 amide bonds. The van der Waals surface area contributed by atoms with Crippen LogP contribution in [0.3, 0.4) is 0 Å². The largest absolute Gasteiger partial charge is 0.384 e. The van der Waals surface area contributed by atoms with Crippen LogP contribution in [-0.4, -0.2) is 42.0 Å². The van der Waals surface area contributed by atoms with Gasteiger partial charge in [-0.1, -0.05) is 47.3 Å². The van der Waals surface area contributed by atoms with Crippen LogP contribution in [0.4, 0.5) is 5.69 Å². The Kier molecular flexibility index (Phi) is 7.53. The lowest BCUT2D eigenvalue weighted by atomic mass is 9.87. The fourth-order valence-corrected chi connectivity index (χ4v) is 4.61. The van der Waals surface area contributed by atoms with Crippen molar-refractivity contribution < 1.29 is 4.79 Å². The maximum absolute atomic E-state index is 12.8. The second kappa shape index (κ2) is 10.0. The SMILES string of the molecule is C=C(NCCN(CC)CC)c1c(C)[nH]c(/C=C2\C(=O)Nc3ccc(CC(C)(C)C)cc32)c1C. The van der Waals surface area contributed by atoms with Crippen LogP contribution >= 0.6 is 0 Å². The monoisotopic (exact) mass is 448 g/mol. The number of fused-ring (bicyclic) bond motifs is 1. The minimum Gasteiger partial charge on any atom is -0.384 e. The van der Waals surface area contributed by atoms with Gasteiger partial charge in [0.1, 0.15) is 0 Å². The van der Waals surface area contributed by atoms with E-state index in [2.05, 4.69) is 87.7 Å². The highest BCUT2D eigenvalue weighted by Gasteiger charge is 2.26. The Bertz CT molecular complexity index is 1060. The first-order valence-corrected chi connectivity index (χ1v) is 12.0. The van der Waals surface area contributed by atoms with Crippen LogP contribution in [-0.2, 0) is 11.2 Å². The highest BCUT2D eigenvalue weighted by atomic mass is 16.2. The van der Waals surface area contributed by atoms with Gasteiger partial charge in [-0.05, 0) is 68.1 Å². The van der Waals surface area contributed by atoms with E-state index in [1.807, 2.05) is 12.1 Å². The third-order valence-electron chi connectivity index (χ3n) is 6.33. The van der Waals surface area contributed by atoms with Crippen LogP contribution < -0.4 is 10.6 Å². The smallest absolute Gasteiger partial charge is 0.256 e. The van der Waals surface area contributed by atoms with Crippen LogP contribution in [0.1, 0.15) is 68.3 Å². The van der Waals surface area contributed by atoms with Crippen molar-refractivity contribution in [1.82, 2.24) is 15.2 Å². The van der Waals surface area contributed by atoms with Gasteiger partial charge in [0, 0.05) is 47.0 Å². The van der Waals surface area contributed by atoms with Crippen molar-refractivity contribution >= 4 is 28.9 Å². The van der Waals surface area contributed by atoms with Crippen molar-refractivity contribution in [3.63, 3.8) is 0 Å². The molecule has 0 fully saturated rings. The molecule has 0 saturated heterocycles. The summed E-state index contributed by atoms with van der Waals surface area (Å²) in [5.74, 6) is -0.0534. The third kappa shape index (κ3) is 5.77. The molecule has 5 nitrogen and oxygen atoms in total. The number of amides is 1. The van der Waals surface area contributed by atoms with Gasteiger partial charge in [0.15, 0.2) is 0 Å². The number of H-pyrrole nitrogens is 1. The van der Waals surface area contributed by atoms with E-state index in [0.29, 0.717) is 5.57 Å². The van der Waals surface area contributed by atoms with Crippen LogP contribution in [0, 0.1) is 19.3 Å². The van der Waals surface area contributed by atoms with E-state index in [4.69, 9.17) is 0 Å². The Balaban J connectivity index is 1.86. The van der Waals surface area contributed by atoms with Crippen molar-refractivity contribution in [2.45, 2.75) is 54.9 Å². The van der Waals surface area contributed by atoms with E-state index in [9.17, 15) is 4.79 Å². The lowest BCUT2D eigenvalue weighted by Crippen LogP contribution is -2.31. The lowest BCUT2D eigenvalue weighted by molar-refractivity contribution is -0.110. The number of hydrogen-bond acceptors (Lipinski definition) is 3. The van der Waals surface area contributed by atoms with E-state index in [1.165, 1.54) is 5.56 Å². The second-order valence-corrected chi connectivity index (χ2v) is 10.2. The number of anilines is 1. The molecule has 2 heterocycles. The zero-order valence-corrected chi connectivity index (χ0v) is 21.4. The highest BCUT2D eigenvalue weighted by molar-refractivity contribution is 6.35. The summed E-state index contributed by atoms with van der Waals surface area (Å²) in [6.45, 7) is 23.4. The third-order valence-corrected chi connectivity index (χ3v) is 6.33. The quantitative estimate of drug-likeness (QED) is 0.437. The molecule has 0 saturated carbocycles. The Morgan fingerprint density at radius 3 is 2.52 bits per heavy atom. The van der Waals surface area contributed by atoms with Crippen LogP contribution in [0.5, 0.6) is 0 Å². The van der Waals surface area contributed by atoms with Gasteiger partial charge in [0.2, 0.25) is 0 Å². The molecule has 0 aliphatic carbocycles. The molecule has 0 unspecified atom stereocenters. The standard InChI is InChI=1S/C28H40N4O/c1-9-32(10-2)14-13-29-19(4)26-18(3)25(30-20(26)5)16-23-22-15-21(17-28(6,7)8)11-12-24(22)31-27(23)33/h11-12,15-16,29-30H,4,9-10,13-14,17H2,1-3,5-8H3,(H,31,33)/b23-16-. The summed E-state index contributed by atoms with van der Waals surface area (Å²) in [4.78, 5) is 18.7. The zero-order chi connectivity index (χ0) is 24.3. The summed E-state index contributed by atoms with van der Waals surface area (Å²) in [5.41, 5.74) is 9.13. The van der Waals surface area contributed by atoms with Gasteiger partial charge in [-0.25, -0.2) is 0 Å². The van der Waals surface area contributed by atoms with Gasteiger partial charge in [-0.2, -0.15) is 0 Å². The minimum absolute atomic E-state index is 0.0534. The molecule has 178 valence electrons. The van der Waals surface area contributed by atoms with E-state index in [0.717, 1.165) is 72.1 Å². The number of aromatic nitrogens is 1. The average Bonchev–Trinajstić information content (AvgIpc) is 3.19. The number of nitrogens with one attached hydrogen (secondary N) is 3. The first-order chi connectivity index (χ1) is 15.5. The van der Waals surface area contributed by atoms with Crippen molar-refractivity contribution in [2.75, 3.05) is 31.5 Å². The fraction of sp³-hybridized carbons (Fsp3) is 0.464. The molecule has 33 heavy (non-hydrogen) atoms. The molecule has 2 aromatic rings. The lowest BCUT2D eigenvalue weighted by Gasteiger charge is -2.19. The Morgan fingerprint density at radius 2 is 1.88 bits per heavy atom. The minimum atomic E-state index is -0.0534. The van der Waals surface area contributed by atoms with Crippen molar-refractivity contribution in [2.24, 2.45) is 5.41 Å². The Labute approximate surface area is 199 Å².